The van der Waals surface area contributed by atoms with Crippen LogP contribution < -0.4 is 0 Å². The number of benzene rings is 1. The molecule has 21 heavy (non-hydrogen) atoms. The van der Waals surface area contributed by atoms with Gasteiger partial charge in [-0.3, -0.25) is 4.79 Å². The van der Waals surface area contributed by atoms with Crippen molar-refractivity contribution in [1.82, 2.24) is 4.90 Å². The molecule has 2 rings (SSSR count). The van der Waals surface area contributed by atoms with Crippen LogP contribution in [0.25, 0.3) is 0 Å². The number of amides is 1. The highest BCUT2D eigenvalue weighted by Gasteiger charge is 2.31. The van der Waals surface area contributed by atoms with Gasteiger partial charge in [0.25, 0.3) is 5.91 Å². The summed E-state index contributed by atoms with van der Waals surface area (Å²) in [6, 6.07) is 6.91. The number of hydrogen-bond donors (Lipinski definition) is 0. The summed E-state index contributed by atoms with van der Waals surface area (Å²) in [4.78, 5) is 14.2. The minimum atomic E-state index is -0.0158. The molecule has 1 fully saturated rings. The molecule has 0 aliphatic carbocycles. The van der Waals surface area contributed by atoms with Crippen LogP contribution in [0.3, 0.4) is 0 Å². The Morgan fingerprint density at radius 3 is 2.76 bits per heavy atom. The third-order valence-electron chi connectivity index (χ3n) is 4.58. The van der Waals surface area contributed by atoms with Gasteiger partial charge in [-0.05, 0) is 56.2 Å². The van der Waals surface area contributed by atoms with Crippen molar-refractivity contribution in [2.75, 3.05) is 6.54 Å². The fourth-order valence-corrected chi connectivity index (χ4v) is 3.11. The van der Waals surface area contributed by atoms with E-state index in [4.69, 9.17) is 0 Å². The Morgan fingerprint density at radius 1 is 1.33 bits per heavy atom. The average Bonchev–Trinajstić information content (AvgIpc) is 2.48. The number of carbonyl (C=O) groups is 1. The lowest BCUT2D eigenvalue weighted by Gasteiger charge is -2.39. The third kappa shape index (κ3) is 3.47. The Morgan fingerprint density at radius 2 is 2.10 bits per heavy atom. The molecule has 0 radical (unpaired) electrons. The first-order valence-electron chi connectivity index (χ1n) is 7.91. The summed E-state index contributed by atoms with van der Waals surface area (Å²) in [6.07, 6.45) is 2.94. The van der Waals surface area contributed by atoms with Crippen molar-refractivity contribution in [2.45, 2.75) is 58.9 Å². The molecule has 0 unspecified atom stereocenters. The number of rotatable bonds is 1. The molecule has 2 nitrogen and oxygen atoms in total. The molecule has 1 aliphatic heterocycles. The summed E-state index contributed by atoms with van der Waals surface area (Å²) in [7, 11) is 0. The van der Waals surface area contributed by atoms with Crippen LogP contribution in [0.5, 0.6) is 0 Å². The fourth-order valence-electron chi connectivity index (χ4n) is 3.11. The van der Waals surface area contributed by atoms with E-state index in [0.29, 0.717) is 5.92 Å². The van der Waals surface area contributed by atoms with Gasteiger partial charge in [-0.15, -0.1) is 0 Å². The van der Waals surface area contributed by atoms with Gasteiger partial charge in [-0.25, -0.2) is 0 Å². The van der Waals surface area contributed by atoms with E-state index in [2.05, 4.69) is 50.8 Å². The molecule has 2 atom stereocenters. The zero-order valence-corrected chi connectivity index (χ0v) is 13.6. The van der Waals surface area contributed by atoms with Crippen LogP contribution in [0, 0.1) is 25.7 Å². The van der Waals surface area contributed by atoms with Crippen molar-refractivity contribution in [3.05, 3.63) is 34.9 Å². The van der Waals surface area contributed by atoms with Gasteiger partial charge in [-0.2, -0.15) is 0 Å². The van der Waals surface area contributed by atoms with Gasteiger partial charge in [0.05, 0.1) is 0 Å². The van der Waals surface area contributed by atoms with Gasteiger partial charge in [0.15, 0.2) is 0 Å². The van der Waals surface area contributed by atoms with Crippen LogP contribution in [-0.4, -0.2) is 23.4 Å². The molecule has 2 heteroatoms. The maximum atomic E-state index is 12.2. The monoisotopic (exact) mass is 283 g/mol. The Bertz CT molecular complexity index is 579. The lowest BCUT2D eigenvalue weighted by atomic mass is 9.83. The highest BCUT2D eigenvalue weighted by Crippen LogP contribution is 2.33. The molecule has 1 amide bonds. The van der Waals surface area contributed by atoms with Gasteiger partial charge < -0.3 is 4.90 Å². The van der Waals surface area contributed by atoms with Crippen LogP contribution in [0.2, 0.25) is 0 Å². The third-order valence-corrected chi connectivity index (χ3v) is 4.58. The Hall–Kier alpha value is -1.75. The highest BCUT2D eigenvalue weighted by molar-refractivity contribution is 5.93. The molecule has 0 bridgehead atoms. The first kappa shape index (κ1) is 15.6. The normalized spacial score (nSPS) is 21.6. The van der Waals surface area contributed by atoms with Crippen molar-refractivity contribution in [3.8, 4) is 11.8 Å². The maximum absolute atomic E-state index is 12.2. The van der Waals surface area contributed by atoms with Crippen LogP contribution >= 0.6 is 0 Å². The summed E-state index contributed by atoms with van der Waals surface area (Å²) in [5.74, 6) is 6.06. The summed E-state index contributed by atoms with van der Waals surface area (Å²) in [6.45, 7) is 9.25. The fraction of sp³-hybridized carbons (Fsp3) is 0.526. The minimum absolute atomic E-state index is 0.0158. The van der Waals surface area contributed by atoms with E-state index < -0.39 is 0 Å². The van der Waals surface area contributed by atoms with Crippen LogP contribution in [0.4, 0.5) is 0 Å². The molecule has 1 heterocycles. The molecule has 1 aromatic rings. The molecule has 0 spiro atoms. The van der Waals surface area contributed by atoms with Gasteiger partial charge in [-0.1, -0.05) is 31.0 Å². The first-order chi connectivity index (χ1) is 10.0. The van der Waals surface area contributed by atoms with E-state index in [1.807, 2.05) is 11.8 Å². The van der Waals surface area contributed by atoms with E-state index >= 15 is 0 Å². The van der Waals surface area contributed by atoms with Gasteiger partial charge in [0, 0.05) is 24.9 Å². The van der Waals surface area contributed by atoms with Crippen molar-refractivity contribution in [2.24, 2.45) is 0 Å². The van der Waals surface area contributed by atoms with Crippen molar-refractivity contribution >= 4 is 5.91 Å². The molecule has 0 N–H and O–H groups in total. The van der Waals surface area contributed by atoms with Crippen LogP contribution in [-0.2, 0) is 4.79 Å². The molecule has 1 aliphatic rings. The molecular weight excluding hydrogens is 258 g/mol. The number of nitrogens with zero attached hydrogens (tertiary/aromatic N) is 1. The molecule has 1 saturated heterocycles. The van der Waals surface area contributed by atoms with Crippen LogP contribution in [0.15, 0.2) is 18.2 Å². The number of aryl methyl sites for hydroxylation is 2. The van der Waals surface area contributed by atoms with Crippen molar-refractivity contribution in [1.29, 1.82) is 0 Å². The Labute approximate surface area is 128 Å². The molecule has 0 aromatic heterocycles. The second-order valence-electron chi connectivity index (χ2n) is 5.99. The van der Waals surface area contributed by atoms with Gasteiger partial charge in [0.1, 0.15) is 0 Å². The molecule has 112 valence electrons. The second-order valence-corrected chi connectivity index (χ2v) is 5.99. The first-order valence-corrected chi connectivity index (χ1v) is 7.91. The van der Waals surface area contributed by atoms with E-state index in [1.165, 1.54) is 16.7 Å². The van der Waals surface area contributed by atoms with Gasteiger partial charge in [0.2, 0.25) is 0 Å². The average molecular weight is 283 g/mol. The zero-order valence-electron chi connectivity index (χ0n) is 13.6. The van der Waals surface area contributed by atoms with E-state index in [0.717, 1.165) is 25.8 Å². The summed E-state index contributed by atoms with van der Waals surface area (Å²) in [5.41, 5.74) is 4.00. The van der Waals surface area contributed by atoms with E-state index in [1.54, 1.807) is 0 Å². The predicted octanol–water partition coefficient (Wildman–Crippen LogP) is 3.81. The molecule has 1 aromatic carbocycles. The molecular formula is C19H25NO. The number of likely N-dealkylation sites (tertiary alicyclic amines) is 1. The van der Waals surface area contributed by atoms with Gasteiger partial charge >= 0.3 is 0 Å². The largest absolute Gasteiger partial charge is 0.329 e. The summed E-state index contributed by atoms with van der Waals surface area (Å²) in [5, 5.41) is 0. The molecule has 0 saturated carbocycles. The van der Waals surface area contributed by atoms with Crippen molar-refractivity contribution < 1.29 is 4.79 Å². The number of hydrogen-bond acceptors (Lipinski definition) is 1. The zero-order chi connectivity index (χ0) is 15.4. The maximum Gasteiger partial charge on any atom is 0.298 e. The SMILES string of the molecule is CCC#CC(=O)N1CCC[C@@H](c2ccc(C)c(C)c2)[C@H]1C. The highest BCUT2D eigenvalue weighted by atomic mass is 16.2. The van der Waals surface area contributed by atoms with E-state index in [9.17, 15) is 4.79 Å². The lowest BCUT2D eigenvalue weighted by Crippen LogP contribution is -2.45. The summed E-state index contributed by atoms with van der Waals surface area (Å²) < 4.78 is 0. The lowest BCUT2D eigenvalue weighted by molar-refractivity contribution is -0.128. The number of piperidine rings is 1. The minimum Gasteiger partial charge on any atom is -0.329 e. The Balaban J connectivity index is 2.21. The predicted molar refractivity (Wildman–Crippen MR) is 87.1 cm³/mol. The second kappa shape index (κ2) is 6.80. The van der Waals surface area contributed by atoms with E-state index in [-0.39, 0.29) is 11.9 Å². The van der Waals surface area contributed by atoms with Crippen molar-refractivity contribution in [3.63, 3.8) is 0 Å². The number of carbonyl (C=O) groups excluding carboxylic acids is 1. The van der Waals surface area contributed by atoms with Crippen LogP contribution in [0.1, 0.15) is 55.7 Å². The topological polar surface area (TPSA) is 20.3 Å². The Kier molecular flexibility index (Phi) is 5.07. The smallest absolute Gasteiger partial charge is 0.298 e. The summed E-state index contributed by atoms with van der Waals surface area (Å²) >= 11 is 0. The standard InChI is InChI=1S/C19H25NO/c1-5-6-9-19(21)20-12-7-8-18(16(20)4)17-11-10-14(2)15(3)13-17/h10-11,13,16,18H,5,7-8,12H2,1-4H3/t16-,18-/m1/s1. The quantitative estimate of drug-likeness (QED) is 0.718.